The summed E-state index contributed by atoms with van der Waals surface area (Å²) in [6.07, 6.45) is 6.36. The zero-order valence-corrected chi connectivity index (χ0v) is 13.0. The van der Waals surface area contributed by atoms with Gasteiger partial charge < -0.3 is 16.0 Å². The molecule has 0 bridgehead atoms. The predicted octanol–water partition coefficient (Wildman–Crippen LogP) is 2.74. The van der Waals surface area contributed by atoms with Gasteiger partial charge in [-0.05, 0) is 63.5 Å². The van der Waals surface area contributed by atoms with Gasteiger partial charge in [-0.3, -0.25) is 4.79 Å². The van der Waals surface area contributed by atoms with Crippen LogP contribution in [0.5, 0.6) is 0 Å². The van der Waals surface area contributed by atoms with E-state index in [1.807, 2.05) is 6.07 Å². The SMILES string of the molecule is N#Cc1ccc(N)c(NC(=O)CCCCN2CCCCC2)c1. The number of amides is 1. The number of nitrogen functional groups attached to an aromatic ring is 1. The maximum atomic E-state index is 12.0. The summed E-state index contributed by atoms with van der Waals surface area (Å²) in [5, 5.41) is 11.7. The van der Waals surface area contributed by atoms with Gasteiger partial charge in [0.05, 0.1) is 23.0 Å². The molecule has 1 aliphatic heterocycles. The lowest BCUT2D eigenvalue weighted by Crippen LogP contribution is -2.30. The lowest BCUT2D eigenvalue weighted by molar-refractivity contribution is -0.116. The van der Waals surface area contributed by atoms with E-state index in [1.54, 1.807) is 18.2 Å². The molecule has 1 aromatic carbocycles. The van der Waals surface area contributed by atoms with Crippen LogP contribution in [0.3, 0.4) is 0 Å². The monoisotopic (exact) mass is 300 g/mol. The Bertz CT molecular complexity index is 544. The third-order valence-corrected chi connectivity index (χ3v) is 4.03. The molecule has 1 fully saturated rings. The number of nitrogens with one attached hydrogen (secondary N) is 1. The van der Waals surface area contributed by atoms with Gasteiger partial charge in [0, 0.05) is 6.42 Å². The number of carbonyl (C=O) groups excluding carboxylic acids is 1. The van der Waals surface area contributed by atoms with E-state index in [0.29, 0.717) is 23.4 Å². The van der Waals surface area contributed by atoms with Crippen LogP contribution in [0.4, 0.5) is 11.4 Å². The molecule has 5 heteroatoms. The number of anilines is 2. The molecule has 0 spiro atoms. The highest BCUT2D eigenvalue weighted by Gasteiger charge is 2.10. The van der Waals surface area contributed by atoms with Crippen molar-refractivity contribution in [3.8, 4) is 6.07 Å². The zero-order chi connectivity index (χ0) is 15.8. The van der Waals surface area contributed by atoms with Crippen LogP contribution in [0.2, 0.25) is 0 Å². The summed E-state index contributed by atoms with van der Waals surface area (Å²) in [5.41, 5.74) is 7.32. The summed E-state index contributed by atoms with van der Waals surface area (Å²) < 4.78 is 0. The summed E-state index contributed by atoms with van der Waals surface area (Å²) in [6.45, 7) is 3.48. The molecule has 118 valence electrons. The lowest BCUT2D eigenvalue weighted by atomic mass is 10.1. The Labute approximate surface area is 132 Å². The number of nitrogens with zero attached hydrogens (tertiary/aromatic N) is 2. The second kappa shape index (κ2) is 8.40. The standard InChI is InChI=1S/C17H24N4O/c18-13-14-7-8-15(19)16(12-14)20-17(22)6-2-5-11-21-9-3-1-4-10-21/h7-8,12H,1-6,9-11,19H2,(H,20,22). The van der Waals surface area contributed by atoms with Crippen molar-refractivity contribution in [3.05, 3.63) is 23.8 Å². The van der Waals surface area contributed by atoms with E-state index in [0.717, 1.165) is 19.4 Å². The quantitative estimate of drug-likeness (QED) is 0.625. The fourth-order valence-electron chi connectivity index (χ4n) is 2.75. The number of rotatable bonds is 6. The van der Waals surface area contributed by atoms with Gasteiger partial charge in [-0.25, -0.2) is 0 Å². The minimum absolute atomic E-state index is 0.0413. The molecule has 3 N–H and O–H groups in total. The molecule has 22 heavy (non-hydrogen) atoms. The minimum Gasteiger partial charge on any atom is -0.397 e. The number of piperidine rings is 1. The molecule has 0 aliphatic carbocycles. The molecule has 0 unspecified atom stereocenters. The van der Waals surface area contributed by atoms with Gasteiger partial charge in [0.2, 0.25) is 5.91 Å². The second-order valence-corrected chi connectivity index (χ2v) is 5.82. The molecule has 1 aliphatic rings. The number of carbonyl (C=O) groups is 1. The molecule has 1 heterocycles. The topological polar surface area (TPSA) is 82.1 Å². The summed E-state index contributed by atoms with van der Waals surface area (Å²) in [7, 11) is 0. The molecule has 0 aromatic heterocycles. The predicted molar refractivity (Wildman–Crippen MR) is 88.3 cm³/mol. The van der Waals surface area contributed by atoms with Crippen molar-refractivity contribution in [1.82, 2.24) is 4.90 Å². The average molecular weight is 300 g/mol. The van der Waals surface area contributed by atoms with E-state index in [-0.39, 0.29) is 5.91 Å². The molecule has 1 amide bonds. The Kier molecular flexibility index (Phi) is 6.23. The number of nitriles is 1. The number of hydrogen-bond acceptors (Lipinski definition) is 4. The number of hydrogen-bond donors (Lipinski definition) is 2. The number of likely N-dealkylation sites (tertiary alicyclic amines) is 1. The average Bonchev–Trinajstić information content (AvgIpc) is 2.54. The Balaban J connectivity index is 1.70. The molecular weight excluding hydrogens is 276 g/mol. The molecule has 0 atom stereocenters. The van der Waals surface area contributed by atoms with E-state index in [4.69, 9.17) is 11.0 Å². The summed E-state index contributed by atoms with van der Waals surface area (Å²) in [4.78, 5) is 14.4. The highest BCUT2D eigenvalue weighted by Crippen LogP contribution is 2.20. The van der Waals surface area contributed by atoms with E-state index in [9.17, 15) is 4.79 Å². The number of benzene rings is 1. The van der Waals surface area contributed by atoms with Crippen LogP contribution in [0.1, 0.15) is 44.1 Å². The van der Waals surface area contributed by atoms with Crippen molar-refractivity contribution in [2.24, 2.45) is 0 Å². The summed E-state index contributed by atoms with van der Waals surface area (Å²) in [5.74, 6) is -0.0413. The number of nitrogens with two attached hydrogens (primary N) is 1. The van der Waals surface area contributed by atoms with Crippen molar-refractivity contribution in [3.63, 3.8) is 0 Å². The Hall–Kier alpha value is -2.06. The number of unbranched alkanes of at least 4 members (excludes halogenated alkanes) is 1. The third-order valence-electron chi connectivity index (χ3n) is 4.03. The van der Waals surface area contributed by atoms with Crippen molar-refractivity contribution in [2.45, 2.75) is 38.5 Å². The van der Waals surface area contributed by atoms with Crippen LogP contribution in [-0.4, -0.2) is 30.4 Å². The van der Waals surface area contributed by atoms with E-state index >= 15 is 0 Å². The Morgan fingerprint density at radius 1 is 1.27 bits per heavy atom. The first-order valence-corrected chi connectivity index (χ1v) is 8.01. The molecule has 2 rings (SSSR count). The molecule has 1 aromatic rings. The zero-order valence-electron chi connectivity index (χ0n) is 13.0. The van der Waals surface area contributed by atoms with Crippen molar-refractivity contribution in [1.29, 1.82) is 5.26 Å². The van der Waals surface area contributed by atoms with Crippen LogP contribution in [0, 0.1) is 11.3 Å². The first-order valence-electron chi connectivity index (χ1n) is 8.01. The molecular formula is C17H24N4O. The summed E-state index contributed by atoms with van der Waals surface area (Å²) >= 11 is 0. The van der Waals surface area contributed by atoms with E-state index < -0.39 is 0 Å². The normalized spacial score (nSPS) is 15.2. The molecule has 5 nitrogen and oxygen atoms in total. The third kappa shape index (κ3) is 5.05. The largest absolute Gasteiger partial charge is 0.397 e. The highest BCUT2D eigenvalue weighted by atomic mass is 16.1. The van der Waals surface area contributed by atoms with Gasteiger partial charge in [-0.2, -0.15) is 5.26 Å². The van der Waals surface area contributed by atoms with Crippen molar-refractivity contribution >= 4 is 17.3 Å². The lowest BCUT2D eigenvalue weighted by Gasteiger charge is -2.26. The Morgan fingerprint density at radius 3 is 2.77 bits per heavy atom. The van der Waals surface area contributed by atoms with Gasteiger partial charge in [0.15, 0.2) is 0 Å². The first kappa shape index (κ1) is 16.3. The highest BCUT2D eigenvalue weighted by molar-refractivity contribution is 5.94. The van der Waals surface area contributed by atoms with Crippen LogP contribution < -0.4 is 11.1 Å². The van der Waals surface area contributed by atoms with Gasteiger partial charge in [-0.15, -0.1) is 0 Å². The summed E-state index contributed by atoms with van der Waals surface area (Å²) in [6, 6.07) is 6.94. The molecule has 0 radical (unpaired) electrons. The van der Waals surface area contributed by atoms with Gasteiger partial charge in [0.25, 0.3) is 0 Å². The van der Waals surface area contributed by atoms with Gasteiger partial charge in [0.1, 0.15) is 0 Å². The van der Waals surface area contributed by atoms with E-state index in [1.165, 1.54) is 32.4 Å². The van der Waals surface area contributed by atoms with Crippen LogP contribution in [-0.2, 0) is 4.79 Å². The fourth-order valence-corrected chi connectivity index (χ4v) is 2.75. The Morgan fingerprint density at radius 2 is 2.05 bits per heavy atom. The fraction of sp³-hybridized carbons (Fsp3) is 0.529. The minimum atomic E-state index is -0.0413. The van der Waals surface area contributed by atoms with Gasteiger partial charge >= 0.3 is 0 Å². The maximum Gasteiger partial charge on any atom is 0.224 e. The maximum absolute atomic E-state index is 12.0. The second-order valence-electron chi connectivity index (χ2n) is 5.82. The first-order chi connectivity index (χ1) is 10.7. The van der Waals surface area contributed by atoms with Crippen LogP contribution >= 0.6 is 0 Å². The molecule has 1 saturated heterocycles. The van der Waals surface area contributed by atoms with Crippen molar-refractivity contribution in [2.75, 3.05) is 30.7 Å². The molecule has 0 saturated carbocycles. The van der Waals surface area contributed by atoms with Crippen LogP contribution in [0.25, 0.3) is 0 Å². The van der Waals surface area contributed by atoms with E-state index in [2.05, 4.69) is 10.2 Å². The van der Waals surface area contributed by atoms with Crippen LogP contribution in [0.15, 0.2) is 18.2 Å². The van der Waals surface area contributed by atoms with Gasteiger partial charge in [-0.1, -0.05) is 6.42 Å². The smallest absolute Gasteiger partial charge is 0.224 e. The van der Waals surface area contributed by atoms with Crippen molar-refractivity contribution < 1.29 is 4.79 Å².